The Hall–Kier alpha value is -2.22. The molecule has 1 heterocycles. The van der Waals surface area contributed by atoms with Crippen LogP contribution in [0.5, 0.6) is 0 Å². The lowest BCUT2D eigenvalue weighted by Gasteiger charge is -2.22. The fourth-order valence-electron chi connectivity index (χ4n) is 2.26. The van der Waals surface area contributed by atoms with Gasteiger partial charge in [0.15, 0.2) is 11.5 Å². The van der Waals surface area contributed by atoms with E-state index < -0.39 is 0 Å². The summed E-state index contributed by atoms with van der Waals surface area (Å²) in [7, 11) is 0. The SMILES string of the molecule is Cc1ccc(C2=C(c3ccc(C)cc3)OCCO2)cc1. The van der Waals surface area contributed by atoms with Gasteiger partial charge < -0.3 is 9.47 Å². The largest absolute Gasteiger partial charge is 0.485 e. The summed E-state index contributed by atoms with van der Waals surface area (Å²) < 4.78 is 11.7. The van der Waals surface area contributed by atoms with Gasteiger partial charge in [0, 0.05) is 11.1 Å². The van der Waals surface area contributed by atoms with Crippen LogP contribution in [0.15, 0.2) is 48.5 Å². The van der Waals surface area contributed by atoms with Gasteiger partial charge in [-0.3, -0.25) is 0 Å². The molecule has 0 N–H and O–H groups in total. The summed E-state index contributed by atoms with van der Waals surface area (Å²) in [6.07, 6.45) is 0. The first-order valence-electron chi connectivity index (χ1n) is 6.88. The first-order valence-corrected chi connectivity index (χ1v) is 6.88. The van der Waals surface area contributed by atoms with Gasteiger partial charge in [0.05, 0.1) is 0 Å². The zero-order valence-electron chi connectivity index (χ0n) is 11.8. The Morgan fingerprint density at radius 2 is 0.950 bits per heavy atom. The Morgan fingerprint density at radius 3 is 1.30 bits per heavy atom. The zero-order valence-corrected chi connectivity index (χ0v) is 11.8. The predicted octanol–water partition coefficient (Wildman–Crippen LogP) is 4.18. The molecular weight excluding hydrogens is 248 g/mol. The monoisotopic (exact) mass is 266 g/mol. The van der Waals surface area contributed by atoms with Crippen LogP contribution in [0.3, 0.4) is 0 Å². The fourth-order valence-corrected chi connectivity index (χ4v) is 2.26. The normalized spacial score (nSPS) is 14.7. The highest BCUT2D eigenvalue weighted by Gasteiger charge is 2.18. The van der Waals surface area contributed by atoms with Crippen LogP contribution >= 0.6 is 0 Å². The molecule has 0 aliphatic carbocycles. The molecular formula is C18H18O2. The van der Waals surface area contributed by atoms with E-state index in [1.165, 1.54) is 11.1 Å². The summed E-state index contributed by atoms with van der Waals surface area (Å²) in [6.45, 7) is 5.35. The number of aryl methyl sites for hydroxylation is 2. The van der Waals surface area contributed by atoms with Crippen molar-refractivity contribution in [1.82, 2.24) is 0 Å². The standard InChI is InChI=1S/C18H18O2/c1-13-3-7-15(8-4-13)17-18(20-12-11-19-17)16-9-5-14(2)6-10-16/h3-10H,11-12H2,1-2H3. The van der Waals surface area contributed by atoms with E-state index in [1.807, 2.05) is 0 Å². The van der Waals surface area contributed by atoms with E-state index in [9.17, 15) is 0 Å². The van der Waals surface area contributed by atoms with E-state index in [0.29, 0.717) is 13.2 Å². The molecule has 1 aliphatic rings. The smallest absolute Gasteiger partial charge is 0.169 e. The van der Waals surface area contributed by atoms with Crippen molar-refractivity contribution in [3.63, 3.8) is 0 Å². The van der Waals surface area contributed by atoms with Crippen LogP contribution < -0.4 is 0 Å². The molecule has 102 valence electrons. The predicted molar refractivity (Wildman–Crippen MR) is 81.1 cm³/mol. The highest BCUT2D eigenvalue weighted by molar-refractivity contribution is 5.84. The Labute approximate surface area is 119 Å². The van der Waals surface area contributed by atoms with Crippen LogP contribution in [0.25, 0.3) is 11.5 Å². The molecule has 0 fully saturated rings. The van der Waals surface area contributed by atoms with Crippen molar-refractivity contribution in [2.45, 2.75) is 13.8 Å². The maximum Gasteiger partial charge on any atom is 0.169 e. The van der Waals surface area contributed by atoms with Crippen molar-refractivity contribution in [1.29, 1.82) is 0 Å². The Kier molecular flexibility index (Phi) is 3.46. The second-order valence-electron chi connectivity index (χ2n) is 5.09. The number of hydrogen-bond acceptors (Lipinski definition) is 2. The van der Waals surface area contributed by atoms with E-state index in [1.54, 1.807) is 0 Å². The van der Waals surface area contributed by atoms with E-state index in [-0.39, 0.29) is 0 Å². The average molecular weight is 266 g/mol. The molecule has 0 spiro atoms. The first kappa shape index (κ1) is 12.8. The average Bonchev–Trinajstić information content (AvgIpc) is 2.49. The third-order valence-corrected chi connectivity index (χ3v) is 3.41. The van der Waals surface area contributed by atoms with E-state index in [2.05, 4.69) is 62.4 Å². The third-order valence-electron chi connectivity index (χ3n) is 3.41. The topological polar surface area (TPSA) is 18.5 Å². The van der Waals surface area contributed by atoms with Gasteiger partial charge in [-0.25, -0.2) is 0 Å². The lowest BCUT2D eigenvalue weighted by Crippen LogP contribution is -2.12. The molecule has 0 atom stereocenters. The molecule has 2 aromatic carbocycles. The zero-order chi connectivity index (χ0) is 13.9. The second kappa shape index (κ2) is 5.41. The summed E-state index contributed by atoms with van der Waals surface area (Å²) in [6, 6.07) is 16.7. The minimum Gasteiger partial charge on any atom is -0.485 e. The molecule has 0 amide bonds. The summed E-state index contributed by atoms with van der Waals surface area (Å²) in [4.78, 5) is 0. The summed E-state index contributed by atoms with van der Waals surface area (Å²) in [5.74, 6) is 1.67. The van der Waals surface area contributed by atoms with Gasteiger partial charge in [0.25, 0.3) is 0 Å². The van der Waals surface area contributed by atoms with Crippen molar-refractivity contribution in [2.75, 3.05) is 13.2 Å². The van der Waals surface area contributed by atoms with Gasteiger partial charge in [-0.1, -0.05) is 59.7 Å². The molecule has 3 rings (SSSR count). The number of hydrogen-bond donors (Lipinski definition) is 0. The van der Waals surface area contributed by atoms with Gasteiger partial charge in [-0.05, 0) is 13.8 Å². The molecule has 2 aromatic rings. The lowest BCUT2D eigenvalue weighted by molar-refractivity contribution is 0.143. The highest BCUT2D eigenvalue weighted by atomic mass is 16.6. The molecule has 0 saturated heterocycles. The maximum absolute atomic E-state index is 5.86. The summed E-state index contributed by atoms with van der Waals surface area (Å²) in [5, 5.41) is 0. The van der Waals surface area contributed by atoms with Crippen LogP contribution in [-0.2, 0) is 9.47 Å². The number of rotatable bonds is 2. The Bertz CT molecular complexity index is 564. The molecule has 0 aromatic heterocycles. The second-order valence-corrected chi connectivity index (χ2v) is 5.09. The van der Waals surface area contributed by atoms with E-state index >= 15 is 0 Å². The van der Waals surface area contributed by atoms with Crippen LogP contribution in [-0.4, -0.2) is 13.2 Å². The quantitative estimate of drug-likeness (QED) is 0.812. The summed E-state index contributed by atoms with van der Waals surface area (Å²) >= 11 is 0. The highest BCUT2D eigenvalue weighted by Crippen LogP contribution is 2.31. The Morgan fingerprint density at radius 1 is 0.600 bits per heavy atom. The van der Waals surface area contributed by atoms with Crippen molar-refractivity contribution < 1.29 is 9.47 Å². The minimum atomic E-state index is 0.596. The lowest BCUT2D eigenvalue weighted by atomic mass is 10.1. The molecule has 0 unspecified atom stereocenters. The molecule has 0 radical (unpaired) electrons. The van der Waals surface area contributed by atoms with Crippen molar-refractivity contribution in [2.24, 2.45) is 0 Å². The molecule has 2 heteroatoms. The molecule has 2 nitrogen and oxygen atoms in total. The first-order chi connectivity index (χ1) is 9.74. The molecule has 0 saturated carbocycles. The van der Waals surface area contributed by atoms with Crippen molar-refractivity contribution in [3.8, 4) is 0 Å². The minimum absolute atomic E-state index is 0.596. The van der Waals surface area contributed by atoms with Gasteiger partial charge in [0.1, 0.15) is 13.2 Å². The van der Waals surface area contributed by atoms with Crippen molar-refractivity contribution >= 4 is 11.5 Å². The van der Waals surface area contributed by atoms with E-state index in [0.717, 1.165) is 22.6 Å². The third kappa shape index (κ3) is 2.55. The van der Waals surface area contributed by atoms with Crippen LogP contribution in [0, 0.1) is 13.8 Å². The van der Waals surface area contributed by atoms with Gasteiger partial charge >= 0.3 is 0 Å². The maximum atomic E-state index is 5.86. The van der Waals surface area contributed by atoms with Gasteiger partial charge in [0.2, 0.25) is 0 Å². The van der Waals surface area contributed by atoms with Crippen LogP contribution in [0.4, 0.5) is 0 Å². The van der Waals surface area contributed by atoms with Gasteiger partial charge in [-0.2, -0.15) is 0 Å². The van der Waals surface area contributed by atoms with Crippen LogP contribution in [0.2, 0.25) is 0 Å². The fraction of sp³-hybridized carbons (Fsp3) is 0.222. The van der Waals surface area contributed by atoms with Crippen LogP contribution in [0.1, 0.15) is 22.3 Å². The summed E-state index contributed by atoms with van der Waals surface area (Å²) in [5.41, 5.74) is 4.60. The van der Waals surface area contributed by atoms with Crippen molar-refractivity contribution in [3.05, 3.63) is 70.8 Å². The molecule has 0 bridgehead atoms. The molecule has 20 heavy (non-hydrogen) atoms. The Balaban J connectivity index is 2.07. The van der Waals surface area contributed by atoms with E-state index in [4.69, 9.17) is 9.47 Å². The van der Waals surface area contributed by atoms with Gasteiger partial charge in [-0.15, -0.1) is 0 Å². The number of ether oxygens (including phenoxy) is 2. The number of benzene rings is 2. The molecule has 1 aliphatic heterocycles.